The van der Waals surface area contributed by atoms with Gasteiger partial charge in [-0.25, -0.2) is 0 Å². The van der Waals surface area contributed by atoms with E-state index in [-0.39, 0.29) is 12.7 Å². The molecule has 2 atom stereocenters. The molecule has 0 saturated heterocycles. The van der Waals surface area contributed by atoms with E-state index in [2.05, 4.69) is 0 Å². The maximum atomic E-state index is 9.00. The molecular weight excluding hydrogens is 216 g/mol. The van der Waals surface area contributed by atoms with E-state index in [0.717, 1.165) is 33.1 Å². The Balaban J connectivity index is 0. The molecular formula is C10H20O6. The standard InChI is InChI=1S/C6H12O2.2C2H4O2/c7-4-5-1-2-6(8)3-5;2*1-2(3)4/h5-8H,1-4H2;2*1H3,(H,3,4)/t5-,6+;;/m1../s1. The molecule has 0 aromatic carbocycles. The zero-order valence-corrected chi connectivity index (χ0v) is 9.59. The molecule has 1 aliphatic carbocycles. The molecule has 6 heteroatoms. The summed E-state index contributed by atoms with van der Waals surface area (Å²) in [5, 5.41) is 32.3. The summed E-state index contributed by atoms with van der Waals surface area (Å²) in [5.74, 6) is -1.29. The van der Waals surface area contributed by atoms with Crippen LogP contribution in [0.2, 0.25) is 0 Å². The number of carboxylic acids is 2. The lowest BCUT2D eigenvalue weighted by Crippen LogP contribution is -2.03. The molecule has 0 aromatic rings. The first-order valence-electron chi connectivity index (χ1n) is 4.97. The maximum Gasteiger partial charge on any atom is 0.300 e. The summed E-state index contributed by atoms with van der Waals surface area (Å²) >= 11 is 0. The van der Waals surface area contributed by atoms with Crippen LogP contribution in [0.15, 0.2) is 0 Å². The van der Waals surface area contributed by atoms with Crippen LogP contribution in [0, 0.1) is 5.92 Å². The van der Waals surface area contributed by atoms with Gasteiger partial charge in [0.2, 0.25) is 0 Å². The molecule has 6 nitrogen and oxygen atoms in total. The maximum absolute atomic E-state index is 9.00. The van der Waals surface area contributed by atoms with Gasteiger partial charge in [0.15, 0.2) is 0 Å². The van der Waals surface area contributed by atoms with E-state index < -0.39 is 11.9 Å². The summed E-state index contributed by atoms with van der Waals surface area (Å²) in [4.78, 5) is 18.0. The summed E-state index contributed by atoms with van der Waals surface area (Å²) in [6, 6.07) is 0. The van der Waals surface area contributed by atoms with Crippen LogP contribution < -0.4 is 0 Å². The first kappa shape index (κ1) is 17.3. The number of aliphatic hydroxyl groups is 2. The molecule has 0 bridgehead atoms. The Kier molecular flexibility index (Phi) is 11.2. The second kappa shape index (κ2) is 10.4. The van der Waals surface area contributed by atoms with Crippen molar-refractivity contribution < 1.29 is 30.0 Å². The van der Waals surface area contributed by atoms with Crippen molar-refractivity contribution in [3.63, 3.8) is 0 Å². The van der Waals surface area contributed by atoms with E-state index in [0.29, 0.717) is 5.92 Å². The van der Waals surface area contributed by atoms with E-state index in [1.54, 1.807) is 0 Å². The second-order valence-corrected chi connectivity index (χ2v) is 3.55. The fourth-order valence-electron chi connectivity index (χ4n) is 1.21. The normalized spacial score (nSPS) is 22.2. The van der Waals surface area contributed by atoms with Gasteiger partial charge in [0.1, 0.15) is 0 Å². The third kappa shape index (κ3) is 18.6. The zero-order chi connectivity index (χ0) is 13.1. The summed E-state index contributed by atoms with van der Waals surface area (Å²) in [6.45, 7) is 2.41. The van der Waals surface area contributed by atoms with Gasteiger partial charge in [0, 0.05) is 20.5 Å². The summed E-state index contributed by atoms with van der Waals surface area (Å²) in [7, 11) is 0. The number of hydrogen-bond acceptors (Lipinski definition) is 4. The van der Waals surface area contributed by atoms with Crippen molar-refractivity contribution in [2.24, 2.45) is 5.92 Å². The quantitative estimate of drug-likeness (QED) is 0.521. The van der Waals surface area contributed by atoms with Crippen LogP contribution in [0.1, 0.15) is 33.1 Å². The summed E-state index contributed by atoms with van der Waals surface area (Å²) in [5.41, 5.74) is 0. The van der Waals surface area contributed by atoms with Gasteiger partial charge in [0.25, 0.3) is 11.9 Å². The first-order chi connectivity index (χ1) is 7.29. The van der Waals surface area contributed by atoms with Gasteiger partial charge >= 0.3 is 0 Å². The lowest BCUT2D eigenvalue weighted by Gasteiger charge is -2.00. The van der Waals surface area contributed by atoms with E-state index >= 15 is 0 Å². The highest BCUT2D eigenvalue weighted by Crippen LogP contribution is 2.24. The highest BCUT2D eigenvalue weighted by Gasteiger charge is 2.21. The summed E-state index contributed by atoms with van der Waals surface area (Å²) in [6.07, 6.45) is 2.55. The molecule has 0 spiro atoms. The van der Waals surface area contributed by atoms with Gasteiger partial charge in [-0.2, -0.15) is 0 Å². The Labute approximate surface area is 94.5 Å². The van der Waals surface area contributed by atoms with Crippen LogP contribution in [-0.4, -0.2) is 45.1 Å². The Bertz CT molecular complexity index is 183. The molecule has 1 saturated carbocycles. The third-order valence-electron chi connectivity index (χ3n) is 1.77. The number of aliphatic carboxylic acids is 2. The van der Waals surface area contributed by atoms with Gasteiger partial charge < -0.3 is 20.4 Å². The Hall–Kier alpha value is -1.14. The van der Waals surface area contributed by atoms with Crippen molar-refractivity contribution in [1.29, 1.82) is 0 Å². The lowest BCUT2D eigenvalue weighted by molar-refractivity contribution is -0.135. The van der Waals surface area contributed by atoms with Gasteiger partial charge in [-0.3, -0.25) is 9.59 Å². The average Bonchev–Trinajstić information content (AvgIpc) is 2.49. The molecule has 0 heterocycles. The van der Waals surface area contributed by atoms with Crippen LogP contribution in [0.5, 0.6) is 0 Å². The minimum absolute atomic E-state index is 0.132. The van der Waals surface area contributed by atoms with E-state index in [1.165, 1.54) is 0 Å². The summed E-state index contributed by atoms with van der Waals surface area (Å²) < 4.78 is 0. The highest BCUT2D eigenvalue weighted by atomic mass is 16.4. The molecule has 0 aliphatic heterocycles. The highest BCUT2D eigenvalue weighted by molar-refractivity contribution is 5.63. The molecule has 1 fully saturated rings. The topological polar surface area (TPSA) is 115 Å². The van der Waals surface area contributed by atoms with Crippen molar-refractivity contribution in [3.8, 4) is 0 Å². The van der Waals surface area contributed by atoms with Crippen LogP contribution in [-0.2, 0) is 9.59 Å². The van der Waals surface area contributed by atoms with Crippen molar-refractivity contribution in [2.45, 2.75) is 39.2 Å². The molecule has 1 aliphatic rings. The largest absolute Gasteiger partial charge is 0.481 e. The average molecular weight is 236 g/mol. The second-order valence-electron chi connectivity index (χ2n) is 3.55. The minimum atomic E-state index is -0.833. The van der Waals surface area contributed by atoms with Crippen molar-refractivity contribution in [2.75, 3.05) is 6.61 Å². The van der Waals surface area contributed by atoms with Crippen molar-refractivity contribution in [3.05, 3.63) is 0 Å². The lowest BCUT2D eigenvalue weighted by atomic mass is 10.1. The van der Waals surface area contributed by atoms with Crippen molar-refractivity contribution in [1.82, 2.24) is 0 Å². The predicted octanol–water partition coefficient (Wildman–Crippen LogP) is 0.321. The van der Waals surface area contributed by atoms with Gasteiger partial charge in [-0.1, -0.05) is 0 Å². The number of aliphatic hydroxyl groups excluding tert-OH is 2. The van der Waals surface area contributed by atoms with Crippen LogP contribution in [0.3, 0.4) is 0 Å². The molecule has 96 valence electrons. The van der Waals surface area contributed by atoms with Gasteiger partial charge in [-0.15, -0.1) is 0 Å². The number of carboxylic acid groups (broad SMARTS) is 2. The van der Waals surface area contributed by atoms with Crippen LogP contribution in [0.25, 0.3) is 0 Å². The fourth-order valence-corrected chi connectivity index (χ4v) is 1.21. The number of carbonyl (C=O) groups is 2. The van der Waals surface area contributed by atoms with Crippen LogP contribution in [0.4, 0.5) is 0 Å². The zero-order valence-electron chi connectivity index (χ0n) is 9.59. The molecule has 0 aromatic heterocycles. The number of rotatable bonds is 1. The predicted molar refractivity (Wildman–Crippen MR) is 57.1 cm³/mol. The Morgan fingerprint density at radius 2 is 1.50 bits per heavy atom. The molecule has 1 rings (SSSR count). The Morgan fingerprint density at radius 1 is 1.12 bits per heavy atom. The van der Waals surface area contributed by atoms with Crippen molar-refractivity contribution >= 4 is 11.9 Å². The monoisotopic (exact) mass is 236 g/mol. The van der Waals surface area contributed by atoms with Gasteiger partial charge in [-0.05, 0) is 25.2 Å². The molecule has 16 heavy (non-hydrogen) atoms. The van der Waals surface area contributed by atoms with E-state index in [9.17, 15) is 0 Å². The van der Waals surface area contributed by atoms with E-state index in [4.69, 9.17) is 30.0 Å². The first-order valence-corrected chi connectivity index (χ1v) is 4.97. The Morgan fingerprint density at radius 3 is 1.62 bits per heavy atom. The molecule has 0 radical (unpaired) electrons. The number of hydrogen-bond donors (Lipinski definition) is 4. The molecule has 0 amide bonds. The third-order valence-corrected chi connectivity index (χ3v) is 1.77. The van der Waals surface area contributed by atoms with E-state index in [1.807, 2.05) is 0 Å². The van der Waals surface area contributed by atoms with Gasteiger partial charge in [0.05, 0.1) is 6.10 Å². The SMILES string of the molecule is CC(=O)O.CC(=O)O.OC[C@@H]1CC[C@H](O)C1. The minimum Gasteiger partial charge on any atom is -0.481 e. The smallest absolute Gasteiger partial charge is 0.300 e. The molecule has 4 N–H and O–H groups in total. The molecule has 0 unspecified atom stereocenters. The fraction of sp³-hybridized carbons (Fsp3) is 0.800. The van der Waals surface area contributed by atoms with Crippen LogP contribution >= 0.6 is 0 Å².